The third kappa shape index (κ3) is 3.81. The molecule has 1 aromatic carbocycles. The van der Waals surface area contributed by atoms with Crippen LogP contribution in [-0.4, -0.2) is 17.0 Å². The number of rotatable bonds is 2. The monoisotopic (exact) mass is 380 g/mol. The zero-order valence-electron chi connectivity index (χ0n) is 10.7. The van der Waals surface area contributed by atoms with E-state index in [1.165, 1.54) is 0 Å². The van der Waals surface area contributed by atoms with Gasteiger partial charge in [-0.1, -0.05) is 48.8 Å². The molecule has 0 aliphatic carbocycles. The van der Waals surface area contributed by atoms with E-state index in [2.05, 4.69) is 35.1 Å². The molecule has 1 aliphatic rings. The van der Waals surface area contributed by atoms with E-state index in [1.807, 2.05) is 12.1 Å². The summed E-state index contributed by atoms with van der Waals surface area (Å²) in [5.41, 5.74) is 0.797. The second-order valence-corrected chi connectivity index (χ2v) is 7.42. The van der Waals surface area contributed by atoms with Gasteiger partial charge in [0.15, 0.2) is 5.17 Å². The topological polar surface area (TPSA) is 24.4 Å². The highest BCUT2D eigenvalue weighted by atomic mass is 79.9. The van der Waals surface area contributed by atoms with Gasteiger partial charge in [-0.05, 0) is 40.4 Å². The fraction of sp³-hybridized carbons (Fsp3) is 0.462. The van der Waals surface area contributed by atoms with Gasteiger partial charge < -0.3 is 5.32 Å². The lowest BCUT2D eigenvalue weighted by atomic mass is 10.0. The largest absolute Gasteiger partial charge is 0.334 e. The Labute approximate surface area is 136 Å². The SMILES string of the molecule is CC(C)C1CCSC(Nc2ccc(Br)c(Cl)c2Cl)=N1. The Morgan fingerprint density at radius 2 is 2.11 bits per heavy atom. The van der Waals surface area contributed by atoms with E-state index in [-0.39, 0.29) is 0 Å². The third-order valence-electron chi connectivity index (χ3n) is 2.98. The van der Waals surface area contributed by atoms with Crippen molar-refractivity contribution >= 4 is 61.7 Å². The van der Waals surface area contributed by atoms with Crippen molar-refractivity contribution in [1.29, 1.82) is 0 Å². The number of aliphatic imine (C=N–C) groups is 1. The summed E-state index contributed by atoms with van der Waals surface area (Å²) in [4.78, 5) is 4.72. The molecule has 1 aliphatic heterocycles. The van der Waals surface area contributed by atoms with Gasteiger partial charge in [0.05, 0.1) is 21.8 Å². The fourth-order valence-electron chi connectivity index (χ4n) is 1.82. The van der Waals surface area contributed by atoms with E-state index in [0.717, 1.165) is 27.5 Å². The molecule has 0 bridgehead atoms. The van der Waals surface area contributed by atoms with Gasteiger partial charge in [-0.3, -0.25) is 4.99 Å². The molecule has 0 aromatic heterocycles. The molecule has 6 heteroatoms. The van der Waals surface area contributed by atoms with E-state index in [4.69, 9.17) is 28.2 Å². The van der Waals surface area contributed by atoms with Crippen LogP contribution in [0.15, 0.2) is 21.6 Å². The number of nitrogens with zero attached hydrogens (tertiary/aromatic N) is 1. The summed E-state index contributed by atoms with van der Waals surface area (Å²) >= 11 is 17.4. The predicted molar refractivity (Wildman–Crippen MR) is 90.9 cm³/mol. The number of halogens is 3. The minimum absolute atomic E-state index is 0.383. The Bertz CT molecular complexity index is 506. The number of amidine groups is 1. The molecule has 0 amide bonds. The van der Waals surface area contributed by atoms with Crippen molar-refractivity contribution in [2.45, 2.75) is 26.3 Å². The van der Waals surface area contributed by atoms with Crippen molar-refractivity contribution in [2.75, 3.05) is 11.1 Å². The number of benzene rings is 1. The van der Waals surface area contributed by atoms with Crippen LogP contribution < -0.4 is 5.32 Å². The third-order valence-corrected chi connectivity index (χ3v) is 5.67. The first-order valence-corrected chi connectivity index (χ1v) is 8.63. The lowest BCUT2D eigenvalue weighted by Gasteiger charge is -2.23. The van der Waals surface area contributed by atoms with Crippen LogP contribution in [0.5, 0.6) is 0 Å². The first kappa shape index (κ1) is 15.5. The lowest BCUT2D eigenvalue weighted by Crippen LogP contribution is -2.24. The van der Waals surface area contributed by atoms with Gasteiger partial charge in [-0.25, -0.2) is 0 Å². The molecule has 1 aromatic rings. The average Bonchev–Trinajstić information content (AvgIpc) is 2.40. The van der Waals surface area contributed by atoms with Crippen LogP contribution in [0.25, 0.3) is 0 Å². The second-order valence-electron chi connectivity index (χ2n) is 4.73. The Morgan fingerprint density at radius 1 is 1.37 bits per heavy atom. The molecule has 0 radical (unpaired) electrons. The highest BCUT2D eigenvalue weighted by Crippen LogP contribution is 2.36. The summed E-state index contributed by atoms with van der Waals surface area (Å²) in [6.45, 7) is 4.40. The van der Waals surface area contributed by atoms with Crippen LogP contribution >= 0.6 is 50.9 Å². The molecule has 0 saturated heterocycles. The highest BCUT2D eigenvalue weighted by molar-refractivity contribution is 9.10. The van der Waals surface area contributed by atoms with Gasteiger partial charge in [-0.2, -0.15) is 0 Å². The molecule has 1 atom stereocenters. The van der Waals surface area contributed by atoms with Crippen LogP contribution in [0.1, 0.15) is 20.3 Å². The first-order valence-electron chi connectivity index (χ1n) is 6.10. The van der Waals surface area contributed by atoms with Crippen molar-refractivity contribution in [2.24, 2.45) is 10.9 Å². The van der Waals surface area contributed by atoms with Gasteiger partial charge >= 0.3 is 0 Å². The molecule has 2 nitrogen and oxygen atoms in total. The zero-order valence-corrected chi connectivity index (χ0v) is 14.6. The second kappa shape index (κ2) is 6.70. The Morgan fingerprint density at radius 3 is 2.79 bits per heavy atom. The molecular formula is C13H15BrCl2N2S. The predicted octanol–water partition coefficient (Wildman–Crippen LogP) is 5.69. The van der Waals surface area contributed by atoms with Crippen molar-refractivity contribution in [1.82, 2.24) is 0 Å². The number of hydrogen-bond donors (Lipinski definition) is 1. The van der Waals surface area contributed by atoms with Gasteiger partial charge in [0.1, 0.15) is 0 Å². The van der Waals surface area contributed by atoms with Crippen LogP contribution in [0, 0.1) is 5.92 Å². The minimum atomic E-state index is 0.383. The van der Waals surface area contributed by atoms with Crippen molar-refractivity contribution in [3.05, 3.63) is 26.7 Å². The number of thioether (sulfide) groups is 1. The number of hydrogen-bond acceptors (Lipinski definition) is 3. The maximum Gasteiger partial charge on any atom is 0.161 e. The molecule has 0 fully saturated rings. The van der Waals surface area contributed by atoms with E-state index in [9.17, 15) is 0 Å². The Hall–Kier alpha value is 0.1000. The molecule has 1 unspecified atom stereocenters. The summed E-state index contributed by atoms with van der Waals surface area (Å²) in [5.74, 6) is 1.64. The standard InChI is InChI=1S/C13H15BrCl2N2S/c1-7(2)9-5-6-19-13(17-9)18-10-4-3-8(14)11(15)12(10)16/h3-4,7,9H,5-6H2,1-2H3,(H,17,18). The molecule has 2 rings (SSSR count). The van der Waals surface area contributed by atoms with E-state index < -0.39 is 0 Å². The smallest absolute Gasteiger partial charge is 0.161 e. The Balaban J connectivity index is 2.19. The molecule has 0 saturated carbocycles. The minimum Gasteiger partial charge on any atom is -0.334 e. The first-order chi connectivity index (χ1) is 8.99. The van der Waals surface area contributed by atoms with Gasteiger partial charge in [0, 0.05) is 10.2 Å². The van der Waals surface area contributed by atoms with Crippen molar-refractivity contribution in [3.63, 3.8) is 0 Å². The summed E-state index contributed by atoms with van der Waals surface area (Å²) < 4.78 is 0.794. The summed E-state index contributed by atoms with van der Waals surface area (Å²) in [7, 11) is 0. The van der Waals surface area contributed by atoms with Gasteiger partial charge in [-0.15, -0.1) is 0 Å². The molecule has 1 N–H and O–H groups in total. The lowest BCUT2D eigenvalue weighted by molar-refractivity contribution is 0.485. The van der Waals surface area contributed by atoms with Crippen LogP contribution in [0.2, 0.25) is 10.0 Å². The highest BCUT2D eigenvalue weighted by Gasteiger charge is 2.19. The van der Waals surface area contributed by atoms with E-state index in [0.29, 0.717) is 22.0 Å². The van der Waals surface area contributed by atoms with Crippen molar-refractivity contribution in [3.8, 4) is 0 Å². The van der Waals surface area contributed by atoms with Crippen LogP contribution in [0.3, 0.4) is 0 Å². The van der Waals surface area contributed by atoms with Crippen LogP contribution in [0.4, 0.5) is 5.69 Å². The number of nitrogens with one attached hydrogen (secondary N) is 1. The van der Waals surface area contributed by atoms with Gasteiger partial charge in [0.25, 0.3) is 0 Å². The Kier molecular flexibility index (Phi) is 5.46. The fourth-order valence-corrected chi connectivity index (χ4v) is 3.58. The van der Waals surface area contributed by atoms with Gasteiger partial charge in [0.2, 0.25) is 0 Å². The average molecular weight is 382 g/mol. The molecule has 0 spiro atoms. The summed E-state index contributed by atoms with van der Waals surface area (Å²) in [6.07, 6.45) is 1.13. The summed E-state index contributed by atoms with van der Waals surface area (Å²) in [5, 5.41) is 5.24. The van der Waals surface area contributed by atoms with Crippen LogP contribution in [-0.2, 0) is 0 Å². The van der Waals surface area contributed by atoms with Crippen molar-refractivity contribution < 1.29 is 0 Å². The number of anilines is 1. The normalized spacial score (nSPS) is 19.5. The molecule has 104 valence electrons. The molecular weight excluding hydrogens is 367 g/mol. The summed E-state index contributed by atoms with van der Waals surface area (Å²) in [6, 6.07) is 4.17. The van der Waals surface area contributed by atoms with E-state index >= 15 is 0 Å². The maximum atomic E-state index is 6.23. The maximum absolute atomic E-state index is 6.23. The van der Waals surface area contributed by atoms with E-state index in [1.54, 1.807) is 11.8 Å². The zero-order chi connectivity index (χ0) is 14.0. The molecule has 1 heterocycles. The quantitative estimate of drug-likeness (QED) is 0.665. The molecule has 19 heavy (non-hydrogen) atoms.